The number of nitrogens with one attached hydrogen (secondary N) is 1. The highest BCUT2D eigenvalue weighted by Gasteiger charge is 2.24. The van der Waals surface area contributed by atoms with E-state index in [1.807, 2.05) is 5.38 Å². The second kappa shape index (κ2) is 2.62. The van der Waals surface area contributed by atoms with Gasteiger partial charge in [0.15, 0.2) is 0 Å². The van der Waals surface area contributed by atoms with Gasteiger partial charge >= 0.3 is 7.05 Å². The van der Waals surface area contributed by atoms with Crippen LogP contribution in [0.2, 0.25) is 0 Å². The minimum Gasteiger partial charge on any atom is -0.427 e. The Balaban J connectivity index is 2.57. The molecular weight excluding hydrogens is 227 g/mol. The number of thiophene rings is 1. The van der Waals surface area contributed by atoms with Crippen molar-refractivity contribution in [2.75, 3.05) is 0 Å². The molecule has 3 nitrogen and oxygen atoms in total. The summed E-state index contributed by atoms with van der Waals surface area (Å²) in [5.41, 5.74) is 0.973. The van der Waals surface area contributed by atoms with E-state index in [-0.39, 0.29) is 0 Å². The third-order valence-corrected chi connectivity index (χ3v) is 3.46. The van der Waals surface area contributed by atoms with Crippen LogP contribution in [0.1, 0.15) is 5.56 Å². The van der Waals surface area contributed by atoms with E-state index in [2.05, 4.69) is 26.4 Å². The molecule has 2 heterocycles. The minimum absolute atomic E-state index is 0.647. The lowest BCUT2D eigenvalue weighted by molar-refractivity contribution is 0.566. The Morgan fingerprint density at radius 2 is 2.55 bits per heavy atom. The highest BCUT2D eigenvalue weighted by Crippen LogP contribution is 2.18. The Labute approximate surface area is 76.4 Å². The van der Waals surface area contributed by atoms with Crippen LogP contribution in [0.3, 0.4) is 0 Å². The lowest BCUT2D eigenvalue weighted by Crippen LogP contribution is -2.45. The van der Waals surface area contributed by atoms with Gasteiger partial charge in [0, 0.05) is 20.2 Å². The summed E-state index contributed by atoms with van der Waals surface area (Å²) < 4.78 is 1.90. The lowest BCUT2D eigenvalue weighted by atomic mass is 9.80. The average molecular weight is 231 g/mol. The summed E-state index contributed by atoms with van der Waals surface area (Å²) in [6, 6.07) is 0. The molecule has 0 aliphatic carbocycles. The number of nitrogens with zero attached hydrogens (tertiary/aromatic N) is 1. The highest BCUT2D eigenvalue weighted by atomic mass is 79.9. The van der Waals surface area contributed by atoms with E-state index in [0.717, 1.165) is 14.8 Å². The molecule has 2 N–H and O–H groups in total. The Morgan fingerprint density at radius 1 is 1.73 bits per heavy atom. The van der Waals surface area contributed by atoms with Gasteiger partial charge in [-0.3, -0.25) is 0 Å². The molecule has 1 aromatic heterocycles. The first-order chi connectivity index (χ1) is 5.29. The molecule has 0 radical (unpaired) electrons. The number of fused-ring (bicyclic) bond motifs is 1. The first-order valence-corrected chi connectivity index (χ1v) is 4.70. The second-order valence-electron chi connectivity index (χ2n) is 2.15. The summed E-state index contributed by atoms with van der Waals surface area (Å²) in [7, 11) is -0.647. The van der Waals surface area contributed by atoms with Gasteiger partial charge in [0.25, 0.3) is 0 Å². The molecule has 0 amide bonds. The van der Waals surface area contributed by atoms with Crippen LogP contribution in [-0.4, -0.2) is 18.3 Å². The molecule has 6 heteroatoms. The molecule has 11 heavy (non-hydrogen) atoms. The molecule has 56 valence electrons. The van der Waals surface area contributed by atoms with Crippen molar-refractivity contribution in [3.63, 3.8) is 0 Å². The number of halogens is 1. The summed E-state index contributed by atoms with van der Waals surface area (Å²) >= 11 is 4.87. The SMILES string of the molecule is OB1NN=Cc2c(Br)csc21. The average Bonchev–Trinajstić information content (AvgIpc) is 2.35. The van der Waals surface area contributed by atoms with Crippen LogP contribution in [0.25, 0.3) is 0 Å². The third kappa shape index (κ3) is 1.11. The van der Waals surface area contributed by atoms with Crippen LogP contribution in [0.5, 0.6) is 0 Å². The molecule has 1 aliphatic heterocycles. The van der Waals surface area contributed by atoms with Gasteiger partial charge < -0.3 is 10.4 Å². The van der Waals surface area contributed by atoms with E-state index in [4.69, 9.17) is 0 Å². The quantitative estimate of drug-likeness (QED) is 0.623. The summed E-state index contributed by atoms with van der Waals surface area (Å²) in [4.78, 5) is 0. The van der Waals surface area contributed by atoms with Crippen LogP contribution >= 0.6 is 27.3 Å². The molecule has 0 saturated heterocycles. The summed E-state index contributed by atoms with van der Waals surface area (Å²) in [5, 5.41) is 17.6. The van der Waals surface area contributed by atoms with E-state index < -0.39 is 7.05 Å². The number of hydrogen-bond donors (Lipinski definition) is 2. The maximum atomic E-state index is 9.34. The first-order valence-electron chi connectivity index (χ1n) is 3.02. The molecule has 0 unspecified atom stereocenters. The Morgan fingerprint density at radius 3 is 3.27 bits per heavy atom. The topological polar surface area (TPSA) is 44.6 Å². The lowest BCUT2D eigenvalue weighted by Gasteiger charge is -2.08. The summed E-state index contributed by atoms with van der Waals surface area (Å²) in [6.07, 6.45) is 1.70. The van der Waals surface area contributed by atoms with Gasteiger partial charge in [-0.25, -0.2) is 0 Å². The molecule has 2 rings (SSSR count). The van der Waals surface area contributed by atoms with Crippen LogP contribution in [0.4, 0.5) is 0 Å². The van der Waals surface area contributed by atoms with Crippen molar-refractivity contribution in [1.29, 1.82) is 0 Å². The summed E-state index contributed by atoms with van der Waals surface area (Å²) in [6.45, 7) is 0. The largest absolute Gasteiger partial charge is 0.474 e. The smallest absolute Gasteiger partial charge is 0.427 e. The second-order valence-corrected chi connectivity index (χ2v) is 3.92. The number of hydrogen-bond acceptors (Lipinski definition) is 4. The van der Waals surface area contributed by atoms with Gasteiger partial charge in [0.2, 0.25) is 0 Å². The van der Waals surface area contributed by atoms with Gasteiger partial charge in [-0.1, -0.05) is 0 Å². The van der Waals surface area contributed by atoms with E-state index in [1.165, 1.54) is 11.3 Å². The van der Waals surface area contributed by atoms with Crippen LogP contribution in [0, 0.1) is 0 Å². The molecule has 0 saturated carbocycles. The van der Waals surface area contributed by atoms with E-state index in [1.54, 1.807) is 6.21 Å². The highest BCUT2D eigenvalue weighted by molar-refractivity contribution is 9.10. The fourth-order valence-electron chi connectivity index (χ4n) is 0.928. The number of rotatable bonds is 0. The molecule has 1 aromatic rings. The maximum Gasteiger partial charge on any atom is 0.474 e. The molecule has 0 atom stereocenters. The van der Waals surface area contributed by atoms with Crippen LogP contribution in [0.15, 0.2) is 15.0 Å². The van der Waals surface area contributed by atoms with E-state index in [9.17, 15) is 5.02 Å². The van der Waals surface area contributed by atoms with Crippen molar-refractivity contribution >= 4 is 45.3 Å². The minimum atomic E-state index is -0.647. The zero-order chi connectivity index (χ0) is 7.84. The Kier molecular flexibility index (Phi) is 1.75. The van der Waals surface area contributed by atoms with Gasteiger partial charge in [0.1, 0.15) is 0 Å². The van der Waals surface area contributed by atoms with Gasteiger partial charge in [-0.05, 0) is 15.9 Å². The van der Waals surface area contributed by atoms with Crippen molar-refractivity contribution in [2.45, 2.75) is 0 Å². The van der Waals surface area contributed by atoms with Gasteiger partial charge in [-0.2, -0.15) is 16.4 Å². The standard InChI is InChI=1S/C5H4BBrN2OS/c7-4-2-11-5-3(4)1-8-9-6(5)10/h1-2,9-10H. The van der Waals surface area contributed by atoms with Crippen molar-refractivity contribution in [3.05, 3.63) is 15.4 Å². The van der Waals surface area contributed by atoms with Crippen molar-refractivity contribution in [3.8, 4) is 0 Å². The fraction of sp³-hybridized carbons (Fsp3) is 0. The molecule has 0 bridgehead atoms. The number of hydrazone groups is 1. The van der Waals surface area contributed by atoms with Gasteiger partial charge in [0.05, 0.1) is 6.21 Å². The van der Waals surface area contributed by atoms with Crippen molar-refractivity contribution < 1.29 is 5.02 Å². The summed E-state index contributed by atoms with van der Waals surface area (Å²) in [5.74, 6) is 0. The van der Waals surface area contributed by atoms with Crippen molar-refractivity contribution in [2.24, 2.45) is 5.10 Å². The molecule has 0 spiro atoms. The Hall–Kier alpha value is -0.325. The monoisotopic (exact) mass is 230 g/mol. The predicted molar refractivity (Wildman–Crippen MR) is 50.4 cm³/mol. The zero-order valence-corrected chi connectivity index (χ0v) is 7.82. The van der Waals surface area contributed by atoms with E-state index >= 15 is 0 Å². The normalized spacial score (nSPS) is 14.5. The molecular formula is C5H4BBrN2OS. The van der Waals surface area contributed by atoms with Gasteiger partial charge in [-0.15, -0.1) is 0 Å². The first kappa shape index (κ1) is 7.33. The molecule has 1 aliphatic rings. The zero-order valence-electron chi connectivity index (χ0n) is 5.41. The molecule has 0 aromatic carbocycles. The Bertz CT molecular complexity index is 313. The molecule has 0 fully saturated rings. The maximum absolute atomic E-state index is 9.34. The van der Waals surface area contributed by atoms with Crippen molar-refractivity contribution in [1.82, 2.24) is 5.34 Å². The van der Waals surface area contributed by atoms with E-state index in [0.29, 0.717) is 0 Å². The van der Waals surface area contributed by atoms with Crippen LogP contribution in [-0.2, 0) is 0 Å². The fourth-order valence-corrected chi connectivity index (χ4v) is 2.48. The predicted octanol–water partition coefficient (Wildman–Crippen LogP) is 0.135. The third-order valence-electron chi connectivity index (χ3n) is 1.45. The van der Waals surface area contributed by atoms with Crippen LogP contribution < -0.4 is 10.1 Å².